The number of carbonyl (C=O) groups is 2. The molecule has 5 nitrogen and oxygen atoms in total. The molecule has 0 aliphatic carbocycles. The van der Waals surface area contributed by atoms with Gasteiger partial charge in [-0.25, -0.2) is 13.6 Å². The Morgan fingerprint density at radius 1 is 1.35 bits per heavy atom. The van der Waals surface area contributed by atoms with Crippen LogP contribution in [0.25, 0.3) is 10.9 Å². The second-order valence-electron chi connectivity index (χ2n) is 4.73. The minimum absolute atomic E-state index is 0.00799. The number of aromatic carboxylic acids is 1. The van der Waals surface area contributed by atoms with E-state index in [0.717, 1.165) is 0 Å². The lowest BCUT2D eigenvalue weighted by atomic mass is 10.1. The van der Waals surface area contributed by atoms with Gasteiger partial charge in [-0.3, -0.25) is 4.79 Å². The van der Waals surface area contributed by atoms with E-state index in [-0.39, 0.29) is 11.3 Å². The molecule has 2 heterocycles. The van der Waals surface area contributed by atoms with Crippen molar-refractivity contribution in [2.75, 3.05) is 6.54 Å². The number of rotatable bonds is 1. The summed E-state index contributed by atoms with van der Waals surface area (Å²) in [6.45, 7) is -1.39. The normalized spacial score (nSPS) is 17.4. The minimum Gasteiger partial charge on any atom is -0.478 e. The summed E-state index contributed by atoms with van der Waals surface area (Å²) in [6, 6.07) is 5.67. The van der Waals surface area contributed by atoms with Crippen molar-refractivity contribution >= 4 is 22.8 Å². The third kappa shape index (κ3) is 1.91. The van der Waals surface area contributed by atoms with E-state index in [1.165, 1.54) is 28.8 Å². The van der Waals surface area contributed by atoms with Crippen LogP contribution in [0, 0.1) is 0 Å². The van der Waals surface area contributed by atoms with Crippen LogP contribution in [0.5, 0.6) is 0 Å². The molecule has 1 aliphatic heterocycles. The Morgan fingerprint density at radius 3 is 2.80 bits per heavy atom. The highest BCUT2D eigenvalue weighted by Crippen LogP contribution is 2.27. The number of aromatic nitrogens is 1. The first kappa shape index (κ1) is 12.6. The molecule has 1 aliphatic rings. The van der Waals surface area contributed by atoms with Crippen molar-refractivity contribution in [3.05, 3.63) is 35.5 Å². The topological polar surface area (TPSA) is 71.3 Å². The fraction of sp³-hybridized carbons (Fsp3) is 0.231. The molecule has 104 valence electrons. The summed E-state index contributed by atoms with van der Waals surface area (Å²) in [6.07, 6.45) is 0. The van der Waals surface area contributed by atoms with E-state index in [1.54, 1.807) is 0 Å². The van der Waals surface area contributed by atoms with Crippen molar-refractivity contribution in [2.45, 2.75) is 12.5 Å². The van der Waals surface area contributed by atoms with Gasteiger partial charge in [-0.05, 0) is 18.2 Å². The number of halogens is 2. The van der Waals surface area contributed by atoms with Gasteiger partial charge in [0.25, 0.3) is 11.8 Å². The van der Waals surface area contributed by atoms with Crippen molar-refractivity contribution in [1.29, 1.82) is 0 Å². The number of alkyl halides is 2. The molecule has 1 amide bonds. The molecule has 0 saturated heterocycles. The molecule has 0 radical (unpaired) electrons. The number of carboxylic acid groups (broad SMARTS) is 1. The minimum atomic E-state index is -3.08. The number of amides is 1. The molecule has 2 N–H and O–H groups in total. The summed E-state index contributed by atoms with van der Waals surface area (Å²) in [7, 11) is 0. The Kier molecular flexibility index (Phi) is 2.53. The molecule has 0 bridgehead atoms. The number of carbonyl (C=O) groups excluding carboxylic acids is 1. The van der Waals surface area contributed by atoms with Crippen LogP contribution in [0.2, 0.25) is 0 Å². The van der Waals surface area contributed by atoms with E-state index in [1.807, 2.05) is 0 Å². The largest absolute Gasteiger partial charge is 0.478 e. The van der Waals surface area contributed by atoms with E-state index in [4.69, 9.17) is 5.11 Å². The van der Waals surface area contributed by atoms with E-state index in [9.17, 15) is 18.4 Å². The second-order valence-corrected chi connectivity index (χ2v) is 4.73. The van der Waals surface area contributed by atoms with Gasteiger partial charge in [0.1, 0.15) is 5.69 Å². The Bertz CT molecular complexity index is 737. The number of carboxylic acids is 1. The summed E-state index contributed by atoms with van der Waals surface area (Å²) in [5, 5.41) is 11.7. The molecule has 7 heteroatoms. The maximum absolute atomic E-state index is 13.6. The van der Waals surface area contributed by atoms with E-state index < -0.39 is 30.9 Å². The molecule has 0 saturated carbocycles. The molecule has 3 rings (SSSR count). The standard InChI is InChI=1S/C13H10F2N2O3/c14-13(15)5-16-11(18)10-3-7-1-2-8(12(19)20)4-9(7)17(10)6-13/h1-4H,5-6H2,(H,16,18)(H,19,20). The van der Waals surface area contributed by atoms with Crippen molar-refractivity contribution in [1.82, 2.24) is 9.88 Å². The fourth-order valence-corrected chi connectivity index (χ4v) is 2.33. The third-order valence-corrected chi connectivity index (χ3v) is 3.28. The van der Waals surface area contributed by atoms with Crippen LogP contribution in [-0.4, -0.2) is 34.0 Å². The lowest BCUT2D eigenvalue weighted by Gasteiger charge is -2.14. The van der Waals surface area contributed by atoms with Gasteiger partial charge in [-0.15, -0.1) is 0 Å². The van der Waals surface area contributed by atoms with Crippen LogP contribution in [0.15, 0.2) is 24.3 Å². The lowest BCUT2D eigenvalue weighted by molar-refractivity contribution is -0.00920. The van der Waals surface area contributed by atoms with Crippen LogP contribution >= 0.6 is 0 Å². The van der Waals surface area contributed by atoms with Gasteiger partial charge in [-0.2, -0.15) is 0 Å². The number of benzene rings is 1. The molecular weight excluding hydrogens is 270 g/mol. The predicted octanol–water partition coefficient (Wildman–Crippen LogP) is 1.72. The number of hydrogen-bond acceptors (Lipinski definition) is 2. The Labute approximate surface area is 111 Å². The quantitative estimate of drug-likeness (QED) is 0.835. The number of nitrogens with one attached hydrogen (secondary N) is 1. The van der Waals surface area contributed by atoms with Gasteiger partial charge in [0.2, 0.25) is 0 Å². The first-order valence-corrected chi connectivity index (χ1v) is 5.90. The van der Waals surface area contributed by atoms with Gasteiger partial charge >= 0.3 is 5.97 Å². The second kappa shape index (κ2) is 4.03. The number of nitrogens with zero attached hydrogens (tertiary/aromatic N) is 1. The molecular formula is C13H10F2N2O3. The van der Waals surface area contributed by atoms with Crippen molar-refractivity contribution in [3.8, 4) is 0 Å². The van der Waals surface area contributed by atoms with Crippen LogP contribution in [0.3, 0.4) is 0 Å². The molecule has 1 aromatic heterocycles. The fourth-order valence-electron chi connectivity index (χ4n) is 2.33. The molecule has 2 aromatic rings. The van der Waals surface area contributed by atoms with E-state index in [0.29, 0.717) is 10.9 Å². The maximum atomic E-state index is 13.6. The zero-order valence-corrected chi connectivity index (χ0v) is 10.2. The Balaban J connectivity index is 2.26. The third-order valence-electron chi connectivity index (χ3n) is 3.28. The van der Waals surface area contributed by atoms with Crippen LogP contribution < -0.4 is 5.32 Å². The first-order valence-electron chi connectivity index (χ1n) is 5.90. The molecule has 0 atom stereocenters. The summed E-state index contributed by atoms with van der Waals surface area (Å²) in [5.74, 6) is -4.81. The number of fused-ring (bicyclic) bond motifs is 3. The van der Waals surface area contributed by atoms with Gasteiger partial charge in [0, 0.05) is 10.9 Å². The average Bonchev–Trinajstić information content (AvgIpc) is 2.68. The lowest BCUT2D eigenvalue weighted by Crippen LogP contribution is -2.35. The summed E-state index contributed by atoms with van der Waals surface area (Å²) in [4.78, 5) is 22.8. The van der Waals surface area contributed by atoms with E-state index in [2.05, 4.69) is 5.32 Å². The molecule has 1 aromatic carbocycles. The molecule has 0 unspecified atom stereocenters. The van der Waals surface area contributed by atoms with Gasteiger partial charge in [0.05, 0.1) is 18.7 Å². The average molecular weight is 280 g/mol. The molecule has 0 spiro atoms. The van der Waals surface area contributed by atoms with Gasteiger partial charge in [0.15, 0.2) is 0 Å². The van der Waals surface area contributed by atoms with Crippen LogP contribution in [0.1, 0.15) is 20.8 Å². The zero-order chi connectivity index (χ0) is 14.5. The predicted molar refractivity (Wildman–Crippen MR) is 66.2 cm³/mol. The molecule has 20 heavy (non-hydrogen) atoms. The van der Waals surface area contributed by atoms with Crippen molar-refractivity contribution in [2.24, 2.45) is 0 Å². The van der Waals surface area contributed by atoms with Crippen molar-refractivity contribution < 1.29 is 23.5 Å². The van der Waals surface area contributed by atoms with Crippen molar-refractivity contribution in [3.63, 3.8) is 0 Å². The summed E-state index contributed by atoms with van der Waals surface area (Å²) < 4.78 is 28.4. The zero-order valence-electron chi connectivity index (χ0n) is 10.2. The van der Waals surface area contributed by atoms with Gasteiger partial charge < -0.3 is 15.0 Å². The van der Waals surface area contributed by atoms with Crippen LogP contribution in [0.4, 0.5) is 8.78 Å². The maximum Gasteiger partial charge on any atom is 0.335 e. The van der Waals surface area contributed by atoms with Crippen LogP contribution in [-0.2, 0) is 6.54 Å². The SMILES string of the molecule is O=C(O)c1ccc2cc3n(c2c1)CC(F)(F)CNC3=O. The highest BCUT2D eigenvalue weighted by Gasteiger charge is 2.35. The monoisotopic (exact) mass is 280 g/mol. The Hall–Kier alpha value is -2.44. The number of hydrogen-bond donors (Lipinski definition) is 2. The highest BCUT2D eigenvalue weighted by atomic mass is 19.3. The summed E-state index contributed by atoms with van der Waals surface area (Å²) in [5.41, 5.74) is 0.419. The Morgan fingerprint density at radius 2 is 2.10 bits per heavy atom. The smallest absolute Gasteiger partial charge is 0.335 e. The first-order chi connectivity index (χ1) is 9.37. The van der Waals surface area contributed by atoms with Gasteiger partial charge in [-0.1, -0.05) is 6.07 Å². The highest BCUT2D eigenvalue weighted by molar-refractivity contribution is 6.01. The summed E-state index contributed by atoms with van der Waals surface area (Å²) >= 11 is 0. The van der Waals surface area contributed by atoms with E-state index >= 15 is 0 Å². The molecule has 0 fully saturated rings.